The zero-order chi connectivity index (χ0) is 27.0. The predicted molar refractivity (Wildman–Crippen MR) is 159 cm³/mol. The van der Waals surface area contributed by atoms with Gasteiger partial charge in [0, 0.05) is 37.0 Å². The lowest BCUT2D eigenvalue weighted by Gasteiger charge is -2.52. The van der Waals surface area contributed by atoms with Gasteiger partial charge in [0.2, 0.25) is 11.8 Å². The predicted octanol–water partition coefficient (Wildman–Crippen LogP) is 5.41. The maximum absolute atomic E-state index is 13.8. The number of aliphatic hydroxyl groups is 1. The molecule has 3 aliphatic rings. The first-order chi connectivity index (χ1) is 19.0. The van der Waals surface area contributed by atoms with Crippen LogP contribution in [0.25, 0.3) is 21.9 Å². The second kappa shape index (κ2) is 12.1. The third kappa shape index (κ3) is 5.24. The molecular weight excluding hydrogens is 526 g/mol. The number of piperazine rings is 1. The molecule has 2 amide bonds. The number of aliphatic hydroxyl groups excluding tert-OH is 1. The summed E-state index contributed by atoms with van der Waals surface area (Å²) >= 11 is 0. The normalized spacial score (nSPS) is 22.9. The van der Waals surface area contributed by atoms with Crippen molar-refractivity contribution in [3.05, 3.63) is 48.0 Å². The molecule has 8 heteroatoms. The highest BCUT2D eigenvalue weighted by Crippen LogP contribution is 2.37. The first-order valence-corrected chi connectivity index (χ1v) is 14.9. The molecule has 1 aliphatic carbocycles. The number of fused-ring (bicyclic) bond motifs is 3. The quantitative estimate of drug-likeness (QED) is 0.399. The lowest BCUT2D eigenvalue weighted by atomic mass is 9.78. The molecule has 3 fully saturated rings. The van der Waals surface area contributed by atoms with E-state index in [2.05, 4.69) is 35.3 Å². The Labute approximate surface area is 242 Å². The van der Waals surface area contributed by atoms with Crippen LogP contribution in [-0.2, 0) is 16.1 Å². The van der Waals surface area contributed by atoms with Gasteiger partial charge < -0.3 is 19.7 Å². The lowest BCUT2D eigenvalue weighted by molar-refractivity contribution is -0.166. The number of unbranched alkanes of at least 4 members (excludes halogenated alkanes) is 1. The van der Waals surface area contributed by atoms with Gasteiger partial charge >= 0.3 is 0 Å². The van der Waals surface area contributed by atoms with Gasteiger partial charge in [-0.25, -0.2) is 0 Å². The Morgan fingerprint density at radius 1 is 1.02 bits per heavy atom. The molecular formula is C32H42ClN3O4. The van der Waals surface area contributed by atoms with E-state index in [-0.39, 0.29) is 30.1 Å². The molecule has 1 aromatic heterocycles. The summed E-state index contributed by atoms with van der Waals surface area (Å²) < 4.78 is 5.99. The first-order valence-electron chi connectivity index (χ1n) is 14.9. The van der Waals surface area contributed by atoms with E-state index < -0.39 is 17.7 Å². The molecule has 216 valence electrons. The van der Waals surface area contributed by atoms with Gasteiger partial charge in [-0.2, -0.15) is 0 Å². The van der Waals surface area contributed by atoms with Crippen LogP contribution in [0.1, 0.15) is 70.3 Å². The van der Waals surface area contributed by atoms with E-state index in [9.17, 15) is 14.7 Å². The Morgan fingerprint density at radius 3 is 2.50 bits per heavy atom. The molecule has 3 aromatic rings. The smallest absolute Gasteiger partial charge is 0.248 e. The summed E-state index contributed by atoms with van der Waals surface area (Å²) in [6, 6.07) is 13.7. The average molecular weight is 568 g/mol. The Balaban J connectivity index is 0.00000323. The largest absolute Gasteiger partial charge is 0.456 e. The number of carbonyl (C=O) groups excluding carboxylic acids is 2. The van der Waals surface area contributed by atoms with Crippen LogP contribution in [0.3, 0.4) is 0 Å². The fourth-order valence-corrected chi connectivity index (χ4v) is 7.17. The topological polar surface area (TPSA) is 86.0 Å². The summed E-state index contributed by atoms with van der Waals surface area (Å²) in [4.78, 5) is 31.8. The summed E-state index contributed by atoms with van der Waals surface area (Å²) in [5.74, 6) is -0.0857. The van der Waals surface area contributed by atoms with Gasteiger partial charge in [-0.3, -0.25) is 14.5 Å². The fraction of sp³-hybridized carbons (Fsp3) is 0.562. The van der Waals surface area contributed by atoms with Crippen LogP contribution in [0.15, 0.2) is 46.9 Å². The summed E-state index contributed by atoms with van der Waals surface area (Å²) in [5.41, 5.74) is 2.19. The molecule has 0 radical (unpaired) electrons. The zero-order valence-electron chi connectivity index (χ0n) is 23.4. The van der Waals surface area contributed by atoms with Crippen molar-refractivity contribution in [1.82, 2.24) is 15.1 Å². The van der Waals surface area contributed by atoms with Crippen molar-refractivity contribution in [1.29, 1.82) is 0 Å². The number of hydrogen-bond donors (Lipinski definition) is 2. The van der Waals surface area contributed by atoms with Crippen LogP contribution in [0.5, 0.6) is 0 Å². The van der Waals surface area contributed by atoms with E-state index in [1.54, 1.807) is 0 Å². The molecule has 1 saturated carbocycles. The molecule has 1 spiro atoms. The van der Waals surface area contributed by atoms with Crippen LogP contribution in [0, 0.1) is 5.92 Å². The number of para-hydroxylation sites is 1. The fourth-order valence-electron chi connectivity index (χ4n) is 7.17. The van der Waals surface area contributed by atoms with Gasteiger partial charge in [0.1, 0.15) is 22.7 Å². The minimum absolute atomic E-state index is 0. The molecule has 7 nitrogen and oxygen atoms in total. The third-order valence-corrected chi connectivity index (χ3v) is 9.50. The van der Waals surface area contributed by atoms with Gasteiger partial charge in [0.25, 0.3) is 0 Å². The number of amides is 2. The number of benzene rings is 2. The molecule has 0 unspecified atom stereocenters. The van der Waals surface area contributed by atoms with Crippen molar-refractivity contribution in [2.24, 2.45) is 5.92 Å². The molecule has 2 N–H and O–H groups in total. The number of halogens is 1. The van der Waals surface area contributed by atoms with E-state index >= 15 is 0 Å². The first kappa shape index (κ1) is 28.9. The SMILES string of the molecule is CCCCN1C(=O)[C@@H]([C@H](O)C2CCCCC2)NC(=O)C12CCN(Cc1ccc3oc4ccccc4c3c1)CC2.Cl. The van der Waals surface area contributed by atoms with Crippen LogP contribution in [-0.4, -0.2) is 64.0 Å². The molecule has 2 aromatic carbocycles. The van der Waals surface area contributed by atoms with Crippen LogP contribution >= 0.6 is 12.4 Å². The maximum atomic E-state index is 13.8. The van der Waals surface area contributed by atoms with Gasteiger partial charge in [-0.1, -0.05) is 56.9 Å². The molecule has 0 bridgehead atoms. The molecule has 6 rings (SSSR count). The van der Waals surface area contributed by atoms with Crippen molar-refractivity contribution in [2.45, 2.75) is 88.9 Å². The van der Waals surface area contributed by atoms with Crippen molar-refractivity contribution in [3.63, 3.8) is 0 Å². The number of carbonyl (C=O) groups is 2. The van der Waals surface area contributed by atoms with E-state index in [0.29, 0.717) is 19.4 Å². The minimum Gasteiger partial charge on any atom is -0.456 e. The van der Waals surface area contributed by atoms with Gasteiger partial charge in [-0.05, 0) is 61.8 Å². The number of piperidine rings is 1. The molecule has 3 heterocycles. The third-order valence-electron chi connectivity index (χ3n) is 9.50. The molecule has 2 saturated heterocycles. The van der Waals surface area contributed by atoms with Gasteiger partial charge in [0.15, 0.2) is 0 Å². The number of rotatable bonds is 7. The van der Waals surface area contributed by atoms with E-state index in [0.717, 1.165) is 80.1 Å². The number of likely N-dealkylation sites (tertiary alicyclic amines) is 1. The lowest BCUT2D eigenvalue weighted by Crippen LogP contribution is -2.75. The van der Waals surface area contributed by atoms with Crippen molar-refractivity contribution >= 4 is 46.2 Å². The standard InChI is InChI=1S/C32H41N3O4.ClH/c1-2-3-17-35-30(37)28(29(36)23-9-5-4-6-10-23)33-31(38)32(35)15-18-34(19-16-32)21-22-13-14-27-25(20-22)24-11-7-8-12-26(24)39-27;/h7-8,11-14,20,23,28-29,36H,2-6,9-10,15-19,21H2,1H3,(H,33,38);1H/t28-,29-;/m1./s1. The van der Waals surface area contributed by atoms with Crippen molar-refractivity contribution in [2.75, 3.05) is 19.6 Å². The highest BCUT2D eigenvalue weighted by molar-refractivity contribution is 6.05. The Morgan fingerprint density at radius 2 is 1.75 bits per heavy atom. The summed E-state index contributed by atoms with van der Waals surface area (Å²) in [6.07, 6.45) is 7.42. The monoisotopic (exact) mass is 567 g/mol. The summed E-state index contributed by atoms with van der Waals surface area (Å²) in [5, 5.41) is 16.4. The number of furan rings is 1. The molecule has 40 heavy (non-hydrogen) atoms. The minimum atomic E-state index is -0.823. The Bertz CT molecular complexity index is 1340. The van der Waals surface area contributed by atoms with Gasteiger partial charge in [0.05, 0.1) is 6.10 Å². The Kier molecular flexibility index (Phi) is 8.74. The van der Waals surface area contributed by atoms with Crippen molar-refractivity contribution < 1.29 is 19.1 Å². The summed E-state index contributed by atoms with van der Waals surface area (Å²) in [6.45, 7) is 4.95. The molecule has 2 aliphatic heterocycles. The summed E-state index contributed by atoms with van der Waals surface area (Å²) in [7, 11) is 0. The average Bonchev–Trinajstić information content (AvgIpc) is 3.34. The second-order valence-electron chi connectivity index (χ2n) is 11.9. The van der Waals surface area contributed by atoms with Gasteiger partial charge in [-0.15, -0.1) is 12.4 Å². The highest BCUT2D eigenvalue weighted by Gasteiger charge is 2.55. The van der Waals surface area contributed by atoms with Crippen molar-refractivity contribution in [3.8, 4) is 0 Å². The number of nitrogens with one attached hydrogen (secondary N) is 1. The highest BCUT2D eigenvalue weighted by atomic mass is 35.5. The van der Waals surface area contributed by atoms with E-state index in [1.165, 1.54) is 12.0 Å². The van der Waals surface area contributed by atoms with E-state index in [1.807, 2.05) is 29.2 Å². The second-order valence-corrected chi connectivity index (χ2v) is 11.9. The molecule has 2 atom stereocenters. The van der Waals surface area contributed by atoms with Crippen LogP contribution in [0.4, 0.5) is 0 Å². The maximum Gasteiger partial charge on any atom is 0.248 e. The van der Waals surface area contributed by atoms with E-state index in [4.69, 9.17) is 4.42 Å². The number of nitrogens with zero attached hydrogens (tertiary/aromatic N) is 2. The number of hydrogen-bond acceptors (Lipinski definition) is 5. The van der Waals surface area contributed by atoms with Crippen LogP contribution in [0.2, 0.25) is 0 Å². The zero-order valence-corrected chi connectivity index (χ0v) is 24.3. The van der Waals surface area contributed by atoms with Crippen LogP contribution < -0.4 is 5.32 Å². The Hall–Kier alpha value is -2.61.